The Morgan fingerprint density at radius 3 is 3.00 bits per heavy atom. The van der Waals surface area contributed by atoms with Crippen LogP contribution in [0.3, 0.4) is 0 Å². The van der Waals surface area contributed by atoms with E-state index < -0.39 is 0 Å². The molecule has 2 aromatic rings. The Balaban J connectivity index is 1.39. The van der Waals surface area contributed by atoms with Gasteiger partial charge in [-0.1, -0.05) is 5.16 Å². The van der Waals surface area contributed by atoms with E-state index in [0.717, 1.165) is 60.5 Å². The van der Waals surface area contributed by atoms with Crippen LogP contribution in [0.1, 0.15) is 65.3 Å². The SMILES string of the molecule is Cc1noc(C)c1COC1CCN(C(=O)c2cnn3c2CCCC3C)C1. The summed E-state index contributed by atoms with van der Waals surface area (Å²) >= 11 is 0. The highest BCUT2D eigenvalue weighted by molar-refractivity contribution is 5.95. The Morgan fingerprint density at radius 2 is 2.23 bits per heavy atom. The van der Waals surface area contributed by atoms with Crippen LogP contribution >= 0.6 is 0 Å². The molecule has 26 heavy (non-hydrogen) atoms. The van der Waals surface area contributed by atoms with Crippen LogP contribution in [-0.4, -0.2) is 44.9 Å². The van der Waals surface area contributed by atoms with Gasteiger partial charge in [0.25, 0.3) is 5.91 Å². The number of carbonyl (C=O) groups excluding carboxylic acids is 1. The summed E-state index contributed by atoms with van der Waals surface area (Å²) in [6.45, 7) is 7.82. The van der Waals surface area contributed by atoms with Crippen LogP contribution in [0.25, 0.3) is 0 Å². The largest absolute Gasteiger partial charge is 0.371 e. The van der Waals surface area contributed by atoms with Crippen molar-refractivity contribution in [2.24, 2.45) is 0 Å². The van der Waals surface area contributed by atoms with E-state index >= 15 is 0 Å². The van der Waals surface area contributed by atoms with Gasteiger partial charge in [-0.05, 0) is 46.5 Å². The van der Waals surface area contributed by atoms with Crippen molar-refractivity contribution < 1.29 is 14.1 Å². The lowest BCUT2D eigenvalue weighted by Gasteiger charge is -2.23. The number of rotatable bonds is 4. The fraction of sp³-hybridized carbons (Fsp3) is 0.632. The van der Waals surface area contributed by atoms with Gasteiger partial charge in [0.2, 0.25) is 0 Å². The summed E-state index contributed by atoms with van der Waals surface area (Å²) in [7, 11) is 0. The molecule has 0 N–H and O–H groups in total. The van der Waals surface area contributed by atoms with Crippen LogP contribution in [-0.2, 0) is 17.8 Å². The summed E-state index contributed by atoms with van der Waals surface area (Å²) in [5.74, 6) is 0.887. The molecule has 7 heteroatoms. The predicted octanol–water partition coefficient (Wildman–Crippen LogP) is 2.82. The zero-order valence-electron chi connectivity index (χ0n) is 15.7. The van der Waals surface area contributed by atoms with Gasteiger partial charge in [0.05, 0.1) is 35.9 Å². The number of aromatic nitrogens is 3. The summed E-state index contributed by atoms with van der Waals surface area (Å²) in [5, 5.41) is 8.42. The van der Waals surface area contributed by atoms with Crippen LogP contribution in [0.4, 0.5) is 0 Å². The Hall–Kier alpha value is -2.15. The Kier molecular flexibility index (Phi) is 4.56. The van der Waals surface area contributed by atoms with Crippen LogP contribution in [0, 0.1) is 13.8 Å². The molecule has 1 amide bonds. The second-order valence-corrected chi connectivity index (χ2v) is 7.47. The molecule has 2 aliphatic rings. The molecule has 2 atom stereocenters. The first kappa shape index (κ1) is 17.3. The number of nitrogens with zero attached hydrogens (tertiary/aromatic N) is 4. The van der Waals surface area contributed by atoms with Crippen molar-refractivity contribution in [3.8, 4) is 0 Å². The maximum Gasteiger partial charge on any atom is 0.257 e. The lowest BCUT2D eigenvalue weighted by molar-refractivity contribution is 0.0430. The smallest absolute Gasteiger partial charge is 0.257 e. The van der Waals surface area contributed by atoms with E-state index in [9.17, 15) is 4.79 Å². The molecule has 0 radical (unpaired) electrons. The highest BCUT2D eigenvalue weighted by atomic mass is 16.5. The minimum absolute atomic E-state index is 0.0537. The number of hydrogen-bond donors (Lipinski definition) is 0. The molecular formula is C19H26N4O3. The van der Waals surface area contributed by atoms with E-state index in [1.165, 1.54) is 0 Å². The minimum Gasteiger partial charge on any atom is -0.371 e. The number of hydrogen-bond acceptors (Lipinski definition) is 5. The molecule has 2 aromatic heterocycles. The zero-order valence-corrected chi connectivity index (χ0v) is 15.7. The van der Waals surface area contributed by atoms with E-state index in [4.69, 9.17) is 9.26 Å². The fourth-order valence-electron chi connectivity index (χ4n) is 4.01. The average Bonchev–Trinajstić information content (AvgIpc) is 3.33. The summed E-state index contributed by atoms with van der Waals surface area (Å²) in [5.41, 5.74) is 3.74. The van der Waals surface area contributed by atoms with Gasteiger partial charge in [-0.15, -0.1) is 0 Å². The van der Waals surface area contributed by atoms with Crippen LogP contribution < -0.4 is 0 Å². The molecule has 1 fully saturated rings. The standard InChI is InChI=1S/C19H26N4O3/c1-12-5-4-6-18-16(9-20-23(12)18)19(24)22-8-7-15(10-22)25-11-17-13(2)21-26-14(17)3/h9,12,15H,4-8,10-11H2,1-3H3. The van der Waals surface area contributed by atoms with E-state index in [0.29, 0.717) is 19.2 Å². The summed E-state index contributed by atoms with van der Waals surface area (Å²) < 4.78 is 13.2. The summed E-state index contributed by atoms with van der Waals surface area (Å²) in [6.07, 6.45) is 5.84. The molecule has 4 heterocycles. The maximum atomic E-state index is 13.0. The molecule has 0 saturated carbocycles. The first-order chi connectivity index (χ1) is 12.5. The van der Waals surface area contributed by atoms with Crippen molar-refractivity contribution in [3.63, 3.8) is 0 Å². The number of fused-ring (bicyclic) bond motifs is 1. The van der Waals surface area contributed by atoms with Gasteiger partial charge in [-0.3, -0.25) is 9.48 Å². The van der Waals surface area contributed by atoms with Crippen molar-refractivity contribution in [1.29, 1.82) is 0 Å². The molecule has 2 unspecified atom stereocenters. The number of carbonyl (C=O) groups is 1. The van der Waals surface area contributed by atoms with Crippen molar-refractivity contribution in [2.75, 3.05) is 13.1 Å². The second-order valence-electron chi connectivity index (χ2n) is 7.47. The lowest BCUT2D eigenvalue weighted by Crippen LogP contribution is -2.31. The third-order valence-corrected chi connectivity index (χ3v) is 5.66. The van der Waals surface area contributed by atoms with Crippen molar-refractivity contribution in [1.82, 2.24) is 19.8 Å². The predicted molar refractivity (Wildman–Crippen MR) is 95.0 cm³/mol. The van der Waals surface area contributed by atoms with Gasteiger partial charge in [0.15, 0.2) is 0 Å². The molecule has 4 rings (SSSR count). The van der Waals surface area contributed by atoms with Gasteiger partial charge in [0, 0.05) is 24.7 Å². The summed E-state index contributed by atoms with van der Waals surface area (Å²) in [6, 6.07) is 0.380. The molecule has 2 aliphatic heterocycles. The van der Waals surface area contributed by atoms with Gasteiger partial charge in [-0.2, -0.15) is 5.10 Å². The van der Waals surface area contributed by atoms with Gasteiger partial charge in [0.1, 0.15) is 5.76 Å². The Labute approximate surface area is 153 Å². The second kappa shape index (κ2) is 6.87. The molecule has 0 aromatic carbocycles. The highest BCUT2D eigenvalue weighted by Gasteiger charge is 2.31. The van der Waals surface area contributed by atoms with Gasteiger partial charge < -0.3 is 14.2 Å². The number of ether oxygens (including phenoxy) is 1. The monoisotopic (exact) mass is 358 g/mol. The van der Waals surface area contributed by atoms with E-state index in [1.807, 2.05) is 23.4 Å². The molecular weight excluding hydrogens is 332 g/mol. The van der Waals surface area contributed by atoms with E-state index in [-0.39, 0.29) is 12.0 Å². The van der Waals surface area contributed by atoms with Crippen molar-refractivity contribution in [2.45, 2.75) is 65.2 Å². The first-order valence-electron chi connectivity index (χ1n) is 9.43. The third kappa shape index (κ3) is 3.05. The highest BCUT2D eigenvalue weighted by Crippen LogP contribution is 2.27. The molecule has 0 aliphatic carbocycles. The van der Waals surface area contributed by atoms with E-state index in [2.05, 4.69) is 17.2 Å². The van der Waals surface area contributed by atoms with Crippen LogP contribution in [0.15, 0.2) is 10.7 Å². The molecule has 0 spiro atoms. The summed E-state index contributed by atoms with van der Waals surface area (Å²) in [4.78, 5) is 14.9. The minimum atomic E-state index is 0.0537. The van der Waals surface area contributed by atoms with Crippen molar-refractivity contribution in [3.05, 3.63) is 34.5 Å². The maximum absolute atomic E-state index is 13.0. The molecule has 0 bridgehead atoms. The van der Waals surface area contributed by atoms with E-state index in [1.54, 1.807) is 6.20 Å². The number of amides is 1. The Morgan fingerprint density at radius 1 is 1.38 bits per heavy atom. The normalized spacial score (nSPS) is 22.7. The number of likely N-dealkylation sites (tertiary alicyclic amines) is 1. The molecule has 140 valence electrons. The van der Waals surface area contributed by atoms with Crippen LogP contribution in [0.5, 0.6) is 0 Å². The fourth-order valence-corrected chi connectivity index (χ4v) is 4.01. The van der Waals surface area contributed by atoms with Gasteiger partial charge in [-0.25, -0.2) is 0 Å². The molecule has 7 nitrogen and oxygen atoms in total. The topological polar surface area (TPSA) is 73.4 Å². The lowest BCUT2D eigenvalue weighted by atomic mass is 10.0. The van der Waals surface area contributed by atoms with Crippen LogP contribution in [0.2, 0.25) is 0 Å². The van der Waals surface area contributed by atoms with Crippen molar-refractivity contribution >= 4 is 5.91 Å². The molecule has 1 saturated heterocycles. The average molecular weight is 358 g/mol. The Bertz CT molecular complexity index is 790. The van der Waals surface area contributed by atoms with Gasteiger partial charge >= 0.3 is 0 Å². The zero-order chi connectivity index (χ0) is 18.3. The third-order valence-electron chi connectivity index (χ3n) is 5.66. The first-order valence-corrected chi connectivity index (χ1v) is 9.43. The number of aryl methyl sites for hydroxylation is 2. The quantitative estimate of drug-likeness (QED) is 0.840.